The molecule has 0 spiro atoms. The highest BCUT2D eigenvalue weighted by Gasteiger charge is 2.12. The van der Waals surface area contributed by atoms with Gasteiger partial charge in [0.25, 0.3) is 0 Å². The molecule has 0 saturated heterocycles. The fraction of sp³-hybridized carbons (Fsp3) is 0.171. The van der Waals surface area contributed by atoms with Gasteiger partial charge < -0.3 is 32.4 Å². The van der Waals surface area contributed by atoms with Gasteiger partial charge in [0.15, 0.2) is 11.5 Å². The quantitative estimate of drug-likeness (QED) is 0.133. The van der Waals surface area contributed by atoms with E-state index in [1.807, 2.05) is 60.7 Å². The van der Waals surface area contributed by atoms with E-state index < -0.39 is 0 Å². The highest BCUT2D eigenvalue weighted by molar-refractivity contribution is 6.35. The van der Waals surface area contributed by atoms with Crippen molar-refractivity contribution in [2.45, 2.75) is 25.4 Å². The van der Waals surface area contributed by atoms with Crippen molar-refractivity contribution in [1.82, 2.24) is 0 Å². The maximum Gasteiger partial charge on any atom is 0.231 e. The van der Waals surface area contributed by atoms with Gasteiger partial charge in [0.2, 0.25) is 6.79 Å². The van der Waals surface area contributed by atoms with Gasteiger partial charge in [-0.25, -0.2) is 0 Å². The van der Waals surface area contributed by atoms with Gasteiger partial charge >= 0.3 is 0 Å². The molecule has 6 aromatic rings. The Morgan fingerprint density at radius 1 is 0.571 bits per heavy atom. The molecule has 0 fully saturated rings. The molecule has 1 aliphatic rings. The van der Waals surface area contributed by atoms with Gasteiger partial charge in [0.05, 0.1) is 0 Å². The lowest BCUT2D eigenvalue weighted by Crippen LogP contribution is -2.13. The van der Waals surface area contributed by atoms with Crippen molar-refractivity contribution in [3.05, 3.63) is 177 Å². The summed E-state index contributed by atoms with van der Waals surface area (Å²) in [6.45, 7) is 2.73. The highest BCUT2D eigenvalue weighted by Crippen LogP contribution is 2.32. The van der Waals surface area contributed by atoms with Gasteiger partial charge in [0, 0.05) is 35.6 Å². The Kier molecular flexibility index (Phi) is 15.4. The monoisotopic (exact) mass is 694 g/mol. The van der Waals surface area contributed by atoms with Crippen LogP contribution in [0.3, 0.4) is 0 Å². The van der Waals surface area contributed by atoms with E-state index in [1.54, 1.807) is 6.07 Å². The predicted octanol–water partition coefficient (Wildman–Crippen LogP) is 8.44. The van der Waals surface area contributed by atoms with Gasteiger partial charge in [0.1, 0.15) is 0 Å². The Balaban J connectivity index is 0.000000148. The molecule has 0 unspecified atom stereocenters. The smallest absolute Gasteiger partial charge is 0.231 e. The molecule has 0 atom stereocenters. The van der Waals surface area contributed by atoms with E-state index in [1.165, 1.54) is 27.5 Å². The summed E-state index contributed by atoms with van der Waals surface area (Å²) in [4.78, 5) is 0. The second-order valence-electron chi connectivity index (χ2n) is 11.1. The zero-order valence-corrected chi connectivity index (χ0v) is 29.0. The third kappa shape index (κ3) is 11.3. The van der Waals surface area contributed by atoms with Crippen LogP contribution >= 0.6 is 23.2 Å². The van der Waals surface area contributed by atoms with Crippen molar-refractivity contribution < 1.29 is 9.47 Å². The Hall–Kier alpha value is -4.40. The van der Waals surface area contributed by atoms with Gasteiger partial charge in [-0.2, -0.15) is 0 Å². The first-order valence-electron chi connectivity index (χ1n) is 16.2. The van der Waals surface area contributed by atoms with Gasteiger partial charge in [-0.1, -0.05) is 138 Å². The van der Waals surface area contributed by atoms with Gasteiger partial charge in [-0.3, -0.25) is 0 Å². The fourth-order valence-electron chi connectivity index (χ4n) is 5.25. The third-order valence-electron chi connectivity index (χ3n) is 7.84. The van der Waals surface area contributed by atoms with E-state index in [2.05, 4.69) is 72.8 Å². The molecule has 0 radical (unpaired) electrons. The normalized spacial score (nSPS) is 11.1. The summed E-state index contributed by atoms with van der Waals surface area (Å²) < 4.78 is 10.3. The third-order valence-corrected chi connectivity index (χ3v) is 8.43. The van der Waals surface area contributed by atoms with Crippen LogP contribution in [0.4, 0.5) is 0 Å². The highest BCUT2D eigenvalue weighted by atomic mass is 35.5. The van der Waals surface area contributed by atoms with Crippen molar-refractivity contribution in [1.29, 1.82) is 0 Å². The molecule has 0 aromatic heterocycles. The molecule has 8 heteroatoms. The lowest BCUT2D eigenvalue weighted by molar-refractivity contribution is 0.174. The summed E-state index contributed by atoms with van der Waals surface area (Å²) in [6, 6.07) is 46.5. The first-order chi connectivity index (χ1) is 24.0. The molecule has 49 heavy (non-hydrogen) atoms. The molecular formula is C41H44Cl2N4O2. The number of fused-ring (bicyclic) bond motifs is 2. The topological polar surface area (TPSA) is 123 Å². The molecule has 0 bridgehead atoms. The molecule has 1 aliphatic heterocycles. The number of benzene rings is 6. The van der Waals surface area contributed by atoms with E-state index in [4.69, 9.17) is 55.6 Å². The van der Waals surface area contributed by atoms with E-state index in [0.717, 1.165) is 29.0 Å². The number of hydrogen-bond donors (Lipinski definition) is 4. The molecule has 0 aliphatic carbocycles. The van der Waals surface area contributed by atoms with Gasteiger partial charge in [-0.15, -0.1) is 0 Å². The Labute approximate surface area is 299 Å². The second kappa shape index (κ2) is 20.2. The predicted molar refractivity (Wildman–Crippen MR) is 205 cm³/mol. The summed E-state index contributed by atoms with van der Waals surface area (Å²) in [5, 5.41) is 3.89. The number of halogens is 2. The van der Waals surface area contributed by atoms with E-state index in [-0.39, 0.29) is 0 Å². The lowest BCUT2D eigenvalue weighted by Gasteiger charge is -2.15. The van der Waals surface area contributed by atoms with Crippen LogP contribution in [-0.2, 0) is 19.5 Å². The van der Waals surface area contributed by atoms with Crippen LogP contribution in [0.5, 0.6) is 11.5 Å². The Bertz CT molecular complexity index is 1810. The van der Waals surface area contributed by atoms with Gasteiger partial charge in [-0.05, 0) is 75.8 Å². The molecular weight excluding hydrogens is 651 g/mol. The van der Waals surface area contributed by atoms with Crippen LogP contribution in [0.15, 0.2) is 140 Å². The van der Waals surface area contributed by atoms with E-state index in [0.29, 0.717) is 48.9 Å². The average Bonchev–Trinajstić information content (AvgIpc) is 3.63. The minimum absolute atomic E-state index is 0.312. The molecule has 8 N–H and O–H groups in total. The molecule has 0 amide bonds. The SMILES string of the molecule is NCC(c1ccccc1)c1ccccc1.NCCc1ccc(Cl)cc1Cl.NCc1ccc2c(c1)OCO2.NCc1cccc2ccccc12. The van der Waals surface area contributed by atoms with Crippen LogP contribution in [-0.4, -0.2) is 19.9 Å². The number of rotatable bonds is 7. The largest absolute Gasteiger partial charge is 0.454 e. The second-order valence-corrected chi connectivity index (χ2v) is 12.0. The van der Waals surface area contributed by atoms with Crippen molar-refractivity contribution in [2.75, 3.05) is 19.9 Å². The van der Waals surface area contributed by atoms with E-state index >= 15 is 0 Å². The number of ether oxygens (including phenoxy) is 2. The summed E-state index contributed by atoms with van der Waals surface area (Å²) in [5.41, 5.74) is 28.2. The molecule has 0 saturated carbocycles. The number of hydrogen-bond acceptors (Lipinski definition) is 6. The average molecular weight is 696 g/mol. The number of nitrogens with two attached hydrogens (primary N) is 4. The maximum atomic E-state index is 5.87. The van der Waals surface area contributed by atoms with E-state index in [9.17, 15) is 0 Å². The van der Waals surface area contributed by atoms with Crippen LogP contribution in [0.1, 0.15) is 33.7 Å². The standard InChI is InChI=1S/C14H15N.C11H11N.C8H9Cl2N.C8H9NO2/c15-11-14(12-7-3-1-4-8-12)13-9-5-2-6-10-13;12-8-10-6-3-5-9-4-1-2-7-11(9)10;9-7-2-1-6(3-4-11)8(10)5-7;9-4-6-1-2-7-8(3-6)11-5-10-7/h1-10,14H,11,15H2;1-7H,8,12H2;1-2,5H,3-4,11H2;1-3H,4-5,9H2. The molecule has 6 aromatic carbocycles. The van der Waals surface area contributed by atoms with Crippen molar-refractivity contribution in [3.8, 4) is 11.5 Å². The zero-order valence-electron chi connectivity index (χ0n) is 27.5. The molecule has 6 nitrogen and oxygen atoms in total. The molecule has 1 heterocycles. The van der Waals surface area contributed by atoms with Crippen molar-refractivity contribution in [2.24, 2.45) is 22.9 Å². The summed E-state index contributed by atoms with van der Waals surface area (Å²) in [5.74, 6) is 1.92. The first kappa shape index (κ1) is 37.4. The summed E-state index contributed by atoms with van der Waals surface area (Å²) in [7, 11) is 0. The fourth-order valence-corrected chi connectivity index (χ4v) is 5.76. The van der Waals surface area contributed by atoms with Crippen molar-refractivity contribution >= 4 is 34.0 Å². The Morgan fingerprint density at radius 3 is 1.82 bits per heavy atom. The Morgan fingerprint density at radius 2 is 1.20 bits per heavy atom. The first-order valence-corrected chi connectivity index (χ1v) is 16.9. The zero-order chi connectivity index (χ0) is 34.8. The van der Waals surface area contributed by atoms with Crippen LogP contribution in [0.25, 0.3) is 10.8 Å². The van der Waals surface area contributed by atoms with Crippen molar-refractivity contribution in [3.63, 3.8) is 0 Å². The minimum Gasteiger partial charge on any atom is -0.454 e. The molecule has 254 valence electrons. The lowest BCUT2D eigenvalue weighted by atomic mass is 9.92. The molecule has 7 rings (SSSR count). The summed E-state index contributed by atoms with van der Waals surface area (Å²) >= 11 is 11.6. The van der Waals surface area contributed by atoms with Crippen LogP contribution in [0.2, 0.25) is 10.0 Å². The summed E-state index contributed by atoms with van der Waals surface area (Å²) in [6.07, 6.45) is 0.802. The minimum atomic E-state index is 0.312. The maximum absolute atomic E-state index is 5.87. The van der Waals surface area contributed by atoms with Crippen LogP contribution < -0.4 is 32.4 Å². The van der Waals surface area contributed by atoms with Crippen LogP contribution in [0, 0.1) is 0 Å².